The van der Waals surface area contributed by atoms with E-state index in [0.717, 1.165) is 5.92 Å². The van der Waals surface area contributed by atoms with E-state index >= 15 is 0 Å². The second-order valence-electron chi connectivity index (χ2n) is 7.20. The standard InChI is InChI=1S/C21H24BrN/c1-15(17-7-4-8-20(22)12-17)23-14-16-9-10-21(23)13-19-6-3-2-5-18(19)11-16/h2-8,12,15-16,21H,9-11,13-14H2,1H3/t15-,16-,21-/m1/s1. The fraction of sp³-hybridized carbons (Fsp3) is 0.429. The average molecular weight is 370 g/mol. The molecule has 0 unspecified atom stereocenters. The molecule has 1 saturated heterocycles. The molecule has 0 saturated carbocycles. The maximum atomic E-state index is 3.63. The monoisotopic (exact) mass is 369 g/mol. The number of halogens is 1. The Balaban J connectivity index is 1.64. The summed E-state index contributed by atoms with van der Waals surface area (Å²) in [7, 11) is 0. The molecular weight excluding hydrogens is 346 g/mol. The molecule has 0 radical (unpaired) electrons. The van der Waals surface area contributed by atoms with Crippen molar-refractivity contribution in [3.8, 4) is 0 Å². The minimum absolute atomic E-state index is 0.491. The van der Waals surface area contributed by atoms with Crippen LogP contribution in [0.1, 0.15) is 42.5 Å². The number of fused-ring (bicyclic) bond motifs is 2. The van der Waals surface area contributed by atoms with Crippen LogP contribution in [0.15, 0.2) is 53.0 Å². The maximum absolute atomic E-state index is 3.63. The summed E-state index contributed by atoms with van der Waals surface area (Å²) in [5.74, 6) is 0.808. The van der Waals surface area contributed by atoms with E-state index in [9.17, 15) is 0 Å². The first kappa shape index (κ1) is 15.4. The summed E-state index contributed by atoms with van der Waals surface area (Å²) >= 11 is 3.63. The molecule has 2 aliphatic heterocycles. The first-order valence-corrected chi connectivity index (χ1v) is 9.58. The molecule has 0 amide bonds. The lowest BCUT2D eigenvalue weighted by molar-refractivity contribution is 0.0642. The normalized spacial score (nSPS) is 25.5. The van der Waals surface area contributed by atoms with Crippen molar-refractivity contribution in [2.45, 2.75) is 44.7 Å². The summed E-state index contributed by atoms with van der Waals surface area (Å²) in [5, 5.41) is 0. The molecule has 2 bridgehead atoms. The second kappa shape index (κ2) is 6.41. The first-order chi connectivity index (χ1) is 11.2. The third-order valence-electron chi connectivity index (χ3n) is 5.76. The quantitative estimate of drug-likeness (QED) is 0.685. The van der Waals surface area contributed by atoms with Crippen LogP contribution in [-0.2, 0) is 12.8 Å². The predicted octanol–water partition coefficient (Wildman–Crippen LogP) is 5.39. The van der Waals surface area contributed by atoms with Gasteiger partial charge in [-0.2, -0.15) is 0 Å². The molecule has 2 heterocycles. The van der Waals surface area contributed by atoms with Crippen molar-refractivity contribution in [3.05, 3.63) is 69.7 Å². The van der Waals surface area contributed by atoms with E-state index in [0.29, 0.717) is 12.1 Å². The van der Waals surface area contributed by atoms with Crippen LogP contribution in [0.25, 0.3) is 0 Å². The maximum Gasteiger partial charge on any atom is 0.0323 e. The zero-order valence-corrected chi connectivity index (χ0v) is 15.3. The molecule has 23 heavy (non-hydrogen) atoms. The van der Waals surface area contributed by atoms with Crippen molar-refractivity contribution in [3.63, 3.8) is 0 Å². The average Bonchev–Trinajstić information content (AvgIpc) is 2.54. The van der Waals surface area contributed by atoms with Crippen LogP contribution in [0.3, 0.4) is 0 Å². The van der Waals surface area contributed by atoms with E-state index in [2.05, 4.69) is 76.3 Å². The van der Waals surface area contributed by atoms with E-state index in [1.807, 2.05) is 0 Å². The van der Waals surface area contributed by atoms with Crippen molar-refractivity contribution >= 4 is 15.9 Å². The lowest BCUT2D eigenvalue weighted by atomic mass is 9.79. The summed E-state index contributed by atoms with van der Waals surface area (Å²) in [5.41, 5.74) is 4.60. The van der Waals surface area contributed by atoms with E-state index in [-0.39, 0.29) is 0 Å². The van der Waals surface area contributed by atoms with Crippen molar-refractivity contribution < 1.29 is 0 Å². The second-order valence-corrected chi connectivity index (χ2v) is 8.12. The van der Waals surface area contributed by atoms with Gasteiger partial charge in [-0.1, -0.05) is 52.3 Å². The Kier molecular flexibility index (Phi) is 4.29. The van der Waals surface area contributed by atoms with Gasteiger partial charge in [0.1, 0.15) is 0 Å². The smallest absolute Gasteiger partial charge is 0.0323 e. The largest absolute Gasteiger partial charge is 0.293 e. The first-order valence-electron chi connectivity index (χ1n) is 8.78. The molecule has 5 rings (SSSR count). The third-order valence-corrected chi connectivity index (χ3v) is 6.25. The van der Waals surface area contributed by atoms with Gasteiger partial charge in [0, 0.05) is 23.1 Å². The molecule has 3 atom stereocenters. The molecule has 1 nitrogen and oxygen atoms in total. The van der Waals surface area contributed by atoms with Crippen molar-refractivity contribution in [1.82, 2.24) is 4.90 Å². The van der Waals surface area contributed by atoms with Crippen LogP contribution in [0.5, 0.6) is 0 Å². The number of piperidine rings is 1. The highest BCUT2D eigenvalue weighted by molar-refractivity contribution is 9.10. The Hall–Kier alpha value is -1.12. The van der Waals surface area contributed by atoms with Gasteiger partial charge in [-0.3, -0.25) is 4.90 Å². The highest BCUT2D eigenvalue weighted by atomic mass is 79.9. The molecule has 1 fully saturated rings. The predicted molar refractivity (Wildman–Crippen MR) is 99.6 cm³/mol. The summed E-state index contributed by atoms with van der Waals surface area (Å²) in [6, 6.07) is 19.1. The number of nitrogens with zero attached hydrogens (tertiary/aromatic N) is 1. The lowest BCUT2D eigenvalue weighted by Crippen LogP contribution is -2.47. The summed E-state index contributed by atoms with van der Waals surface area (Å²) in [4.78, 5) is 2.77. The van der Waals surface area contributed by atoms with Crippen molar-refractivity contribution in [2.24, 2.45) is 5.92 Å². The van der Waals surface area contributed by atoms with Gasteiger partial charge in [0.15, 0.2) is 0 Å². The fourth-order valence-corrected chi connectivity index (χ4v) is 4.89. The van der Waals surface area contributed by atoms with Gasteiger partial charge in [-0.15, -0.1) is 0 Å². The molecule has 2 aromatic rings. The van der Waals surface area contributed by atoms with Gasteiger partial charge in [-0.05, 0) is 67.3 Å². The van der Waals surface area contributed by atoms with Gasteiger partial charge in [0.25, 0.3) is 0 Å². The molecule has 120 valence electrons. The van der Waals surface area contributed by atoms with Crippen molar-refractivity contribution in [2.75, 3.05) is 6.54 Å². The highest BCUT2D eigenvalue weighted by Gasteiger charge is 2.34. The summed E-state index contributed by atoms with van der Waals surface area (Å²) in [6.07, 6.45) is 5.20. The van der Waals surface area contributed by atoms with Crippen LogP contribution in [0.4, 0.5) is 0 Å². The molecule has 0 N–H and O–H groups in total. The topological polar surface area (TPSA) is 3.24 Å². The number of rotatable bonds is 2. The van der Waals surface area contributed by atoms with Crippen LogP contribution >= 0.6 is 15.9 Å². The third kappa shape index (κ3) is 3.12. The van der Waals surface area contributed by atoms with Gasteiger partial charge in [0.2, 0.25) is 0 Å². The highest BCUT2D eigenvalue weighted by Crippen LogP contribution is 2.37. The van der Waals surface area contributed by atoms with E-state index in [1.54, 1.807) is 11.1 Å². The fourth-order valence-electron chi connectivity index (χ4n) is 4.47. The Bertz CT molecular complexity index is 696. The minimum Gasteiger partial charge on any atom is -0.293 e. The number of hydrogen-bond acceptors (Lipinski definition) is 1. The van der Waals surface area contributed by atoms with Crippen LogP contribution < -0.4 is 0 Å². The molecule has 3 aliphatic rings. The van der Waals surface area contributed by atoms with Crippen LogP contribution in [0.2, 0.25) is 0 Å². The van der Waals surface area contributed by atoms with Crippen LogP contribution in [0, 0.1) is 5.92 Å². The molecule has 0 aromatic heterocycles. The zero-order chi connectivity index (χ0) is 15.8. The van der Waals surface area contributed by atoms with Gasteiger partial charge in [-0.25, -0.2) is 0 Å². The molecular formula is C21H24BrN. The zero-order valence-electron chi connectivity index (χ0n) is 13.7. The lowest BCUT2D eigenvalue weighted by Gasteiger charge is -2.45. The SMILES string of the molecule is C[C@H](c1cccc(Br)c1)N1C[C@@H]2CC[C@@H]1Cc1ccccc1C2. The Labute approximate surface area is 147 Å². The minimum atomic E-state index is 0.491. The summed E-state index contributed by atoms with van der Waals surface area (Å²) < 4.78 is 1.18. The Morgan fingerprint density at radius 3 is 2.57 bits per heavy atom. The Morgan fingerprint density at radius 2 is 1.78 bits per heavy atom. The molecule has 2 aromatic carbocycles. The van der Waals surface area contributed by atoms with Crippen molar-refractivity contribution in [1.29, 1.82) is 0 Å². The number of hydrogen-bond donors (Lipinski definition) is 0. The van der Waals surface area contributed by atoms with Gasteiger partial charge in [0.05, 0.1) is 0 Å². The summed E-state index contributed by atoms with van der Waals surface area (Å²) in [6.45, 7) is 3.62. The van der Waals surface area contributed by atoms with Gasteiger partial charge < -0.3 is 0 Å². The van der Waals surface area contributed by atoms with E-state index in [4.69, 9.17) is 0 Å². The molecule has 2 heteroatoms. The van der Waals surface area contributed by atoms with Crippen LogP contribution in [-0.4, -0.2) is 17.5 Å². The Morgan fingerprint density at radius 1 is 1.00 bits per heavy atom. The molecule has 1 aliphatic carbocycles. The number of benzene rings is 2. The molecule has 0 spiro atoms. The van der Waals surface area contributed by atoms with E-state index < -0.39 is 0 Å². The van der Waals surface area contributed by atoms with Gasteiger partial charge >= 0.3 is 0 Å². The van der Waals surface area contributed by atoms with E-state index in [1.165, 1.54) is 42.3 Å².